The molecule has 0 bridgehead atoms. The summed E-state index contributed by atoms with van der Waals surface area (Å²) in [5, 5.41) is 8.82. The maximum atomic E-state index is 13.5. The van der Waals surface area contributed by atoms with Crippen LogP contribution in [0.4, 0.5) is 8.78 Å². The molecule has 0 heterocycles. The minimum Gasteiger partial charge on any atom is -0.480 e. The van der Waals surface area contributed by atoms with Crippen molar-refractivity contribution in [1.82, 2.24) is 4.90 Å². The van der Waals surface area contributed by atoms with Gasteiger partial charge in [-0.2, -0.15) is 0 Å². The van der Waals surface area contributed by atoms with Gasteiger partial charge in [-0.1, -0.05) is 0 Å². The van der Waals surface area contributed by atoms with Crippen LogP contribution in [-0.2, 0) is 9.59 Å². The van der Waals surface area contributed by atoms with Crippen molar-refractivity contribution in [2.24, 2.45) is 5.92 Å². The predicted molar refractivity (Wildman–Crippen MR) is 74.0 cm³/mol. The van der Waals surface area contributed by atoms with E-state index in [9.17, 15) is 18.4 Å². The van der Waals surface area contributed by atoms with Crippen molar-refractivity contribution in [3.8, 4) is 0 Å². The number of amides is 1. The number of aliphatic carboxylic acids is 1. The van der Waals surface area contributed by atoms with E-state index in [2.05, 4.69) is 0 Å². The van der Waals surface area contributed by atoms with Crippen LogP contribution in [0.15, 0.2) is 23.1 Å². The number of carboxylic acids is 1. The Morgan fingerprint density at radius 2 is 2.05 bits per heavy atom. The molecule has 0 radical (unpaired) electrons. The van der Waals surface area contributed by atoms with Gasteiger partial charge in [0.05, 0.1) is 5.75 Å². The highest BCUT2D eigenvalue weighted by Crippen LogP contribution is 2.30. The summed E-state index contributed by atoms with van der Waals surface area (Å²) in [5.41, 5.74) is 0. The molecule has 7 heteroatoms. The molecule has 0 atom stereocenters. The summed E-state index contributed by atoms with van der Waals surface area (Å²) in [7, 11) is 0. The molecule has 0 unspecified atom stereocenters. The van der Waals surface area contributed by atoms with E-state index in [1.807, 2.05) is 0 Å². The Balaban J connectivity index is 1.92. The second-order valence-corrected chi connectivity index (χ2v) is 5.99. The standard InChI is InChI=1S/C14H15F2NO3S/c15-10-3-4-12(11(16)5-10)21-8-13(18)17(7-14(19)20)6-9-1-2-9/h3-5,9H,1-2,6-8H2,(H,19,20). The Bertz CT molecular complexity index is 549. The van der Waals surface area contributed by atoms with Gasteiger partial charge in [-0.25, -0.2) is 8.78 Å². The van der Waals surface area contributed by atoms with Crippen LogP contribution in [0.3, 0.4) is 0 Å². The van der Waals surface area contributed by atoms with E-state index in [-0.39, 0.29) is 23.1 Å². The molecule has 2 rings (SSSR count). The zero-order chi connectivity index (χ0) is 15.4. The van der Waals surface area contributed by atoms with Crippen molar-refractivity contribution in [1.29, 1.82) is 0 Å². The van der Waals surface area contributed by atoms with Gasteiger partial charge in [0.15, 0.2) is 0 Å². The van der Waals surface area contributed by atoms with Gasteiger partial charge in [0, 0.05) is 17.5 Å². The number of thioether (sulfide) groups is 1. The van der Waals surface area contributed by atoms with Gasteiger partial charge in [-0.05, 0) is 30.9 Å². The molecule has 1 saturated carbocycles. The molecule has 1 amide bonds. The van der Waals surface area contributed by atoms with E-state index in [1.165, 1.54) is 11.0 Å². The molecule has 0 spiro atoms. The average molecular weight is 315 g/mol. The normalized spacial score (nSPS) is 14.0. The smallest absolute Gasteiger partial charge is 0.323 e. The van der Waals surface area contributed by atoms with Crippen LogP contribution in [0.1, 0.15) is 12.8 Å². The van der Waals surface area contributed by atoms with Gasteiger partial charge >= 0.3 is 5.97 Å². The molecule has 0 aliphatic heterocycles. The highest BCUT2D eigenvalue weighted by atomic mass is 32.2. The number of carboxylic acid groups (broad SMARTS) is 1. The minimum atomic E-state index is -1.07. The summed E-state index contributed by atoms with van der Waals surface area (Å²) in [6, 6.07) is 3.15. The first-order valence-electron chi connectivity index (χ1n) is 6.53. The number of hydrogen-bond donors (Lipinski definition) is 1. The number of carbonyl (C=O) groups is 2. The van der Waals surface area contributed by atoms with Gasteiger partial charge in [-0.3, -0.25) is 9.59 Å². The Morgan fingerprint density at radius 1 is 1.33 bits per heavy atom. The molecule has 1 aromatic rings. The fourth-order valence-electron chi connectivity index (χ4n) is 1.85. The first-order chi connectivity index (χ1) is 9.95. The van der Waals surface area contributed by atoms with E-state index in [0.29, 0.717) is 12.5 Å². The van der Waals surface area contributed by atoms with Crippen LogP contribution in [0.2, 0.25) is 0 Å². The highest BCUT2D eigenvalue weighted by Gasteiger charge is 2.27. The molecule has 1 fully saturated rings. The van der Waals surface area contributed by atoms with E-state index in [0.717, 1.165) is 36.7 Å². The lowest BCUT2D eigenvalue weighted by Gasteiger charge is -2.20. The maximum Gasteiger partial charge on any atom is 0.323 e. The van der Waals surface area contributed by atoms with Gasteiger partial charge < -0.3 is 10.0 Å². The van der Waals surface area contributed by atoms with Crippen molar-refractivity contribution in [2.75, 3.05) is 18.8 Å². The largest absolute Gasteiger partial charge is 0.480 e. The quantitative estimate of drug-likeness (QED) is 0.785. The van der Waals surface area contributed by atoms with Crippen LogP contribution in [0.25, 0.3) is 0 Å². The van der Waals surface area contributed by atoms with Crippen molar-refractivity contribution in [3.05, 3.63) is 29.8 Å². The Morgan fingerprint density at radius 3 is 2.62 bits per heavy atom. The predicted octanol–water partition coefficient (Wildman–Crippen LogP) is 2.38. The number of rotatable bonds is 7. The molecular weight excluding hydrogens is 300 g/mol. The van der Waals surface area contributed by atoms with E-state index in [4.69, 9.17) is 5.11 Å². The van der Waals surface area contributed by atoms with Gasteiger partial charge in [0.25, 0.3) is 0 Å². The summed E-state index contributed by atoms with van der Waals surface area (Å²) in [5.74, 6) is -2.51. The number of benzene rings is 1. The number of hydrogen-bond acceptors (Lipinski definition) is 3. The van der Waals surface area contributed by atoms with Crippen LogP contribution >= 0.6 is 11.8 Å². The van der Waals surface area contributed by atoms with Gasteiger partial charge in [-0.15, -0.1) is 11.8 Å². The SMILES string of the molecule is O=C(O)CN(CC1CC1)C(=O)CSc1ccc(F)cc1F. The minimum absolute atomic E-state index is 0.0669. The van der Waals surface area contributed by atoms with E-state index in [1.54, 1.807) is 0 Å². The molecule has 1 aromatic carbocycles. The number of carbonyl (C=O) groups excluding carboxylic acids is 1. The fraction of sp³-hybridized carbons (Fsp3) is 0.429. The van der Waals surface area contributed by atoms with Crippen LogP contribution in [0.5, 0.6) is 0 Å². The van der Waals surface area contributed by atoms with Crippen LogP contribution in [0, 0.1) is 17.6 Å². The third-order valence-corrected chi connectivity index (χ3v) is 4.13. The Kier molecular flexibility index (Phi) is 5.17. The monoisotopic (exact) mass is 315 g/mol. The topological polar surface area (TPSA) is 57.6 Å². The summed E-state index contributed by atoms with van der Waals surface area (Å²) in [4.78, 5) is 24.3. The lowest BCUT2D eigenvalue weighted by Crippen LogP contribution is -2.38. The van der Waals surface area contributed by atoms with E-state index >= 15 is 0 Å². The van der Waals surface area contributed by atoms with Gasteiger partial charge in [0.1, 0.15) is 18.2 Å². The van der Waals surface area contributed by atoms with Crippen molar-refractivity contribution >= 4 is 23.6 Å². The molecule has 0 aromatic heterocycles. The van der Waals surface area contributed by atoms with Crippen molar-refractivity contribution < 1.29 is 23.5 Å². The third kappa shape index (κ3) is 5.00. The summed E-state index contributed by atoms with van der Waals surface area (Å²) in [6.07, 6.45) is 2.01. The Labute approximate surface area is 125 Å². The van der Waals surface area contributed by atoms with Gasteiger partial charge in [0.2, 0.25) is 5.91 Å². The fourth-order valence-corrected chi connectivity index (χ4v) is 2.68. The number of nitrogens with zero attached hydrogens (tertiary/aromatic N) is 1. The highest BCUT2D eigenvalue weighted by molar-refractivity contribution is 8.00. The molecule has 0 saturated heterocycles. The van der Waals surface area contributed by atoms with Crippen molar-refractivity contribution in [2.45, 2.75) is 17.7 Å². The molecule has 1 N–H and O–H groups in total. The van der Waals surface area contributed by atoms with Crippen LogP contribution < -0.4 is 0 Å². The van der Waals surface area contributed by atoms with Crippen LogP contribution in [-0.4, -0.2) is 40.7 Å². The summed E-state index contributed by atoms with van der Waals surface area (Å²) >= 11 is 0.941. The summed E-state index contributed by atoms with van der Waals surface area (Å²) in [6.45, 7) is 0.0827. The molecule has 21 heavy (non-hydrogen) atoms. The van der Waals surface area contributed by atoms with E-state index < -0.39 is 17.6 Å². The Hall–Kier alpha value is -1.63. The molecule has 4 nitrogen and oxygen atoms in total. The number of halogens is 2. The zero-order valence-electron chi connectivity index (χ0n) is 11.2. The maximum absolute atomic E-state index is 13.5. The molecular formula is C14H15F2NO3S. The molecule has 1 aliphatic rings. The zero-order valence-corrected chi connectivity index (χ0v) is 12.0. The second kappa shape index (κ2) is 6.89. The lowest BCUT2D eigenvalue weighted by atomic mass is 10.3. The lowest BCUT2D eigenvalue weighted by molar-refractivity contribution is -0.143. The molecule has 114 valence electrons. The first kappa shape index (κ1) is 15.8. The second-order valence-electron chi connectivity index (χ2n) is 4.97. The average Bonchev–Trinajstić information content (AvgIpc) is 3.20. The van der Waals surface area contributed by atoms with Crippen molar-refractivity contribution in [3.63, 3.8) is 0 Å². The summed E-state index contributed by atoms with van der Waals surface area (Å²) < 4.78 is 26.2. The third-order valence-electron chi connectivity index (χ3n) is 3.10. The first-order valence-corrected chi connectivity index (χ1v) is 7.51. The molecule has 1 aliphatic carbocycles.